The lowest BCUT2D eigenvalue weighted by atomic mass is 9.96. The third-order valence-corrected chi connectivity index (χ3v) is 6.65. The van der Waals surface area contributed by atoms with Crippen LogP contribution in [-0.2, 0) is 9.59 Å². The Hall–Kier alpha value is -1.42. The topological polar surface area (TPSA) is 116 Å². The van der Waals surface area contributed by atoms with Crippen molar-refractivity contribution in [3.8, 4) is 0 Å². The summed E-state index contributed by atoms with van der Waals surface area (Å²) in [6.45, 7) is 4.57. The van der Waals surface area contributed by atoms with Crippen LogP contribution in [0.4, 0.5) is 9.59 Å². The minimum atomic E-state index is -0.498. The van der Waals surface area contributed by atoms with Crippen molar-refractivity contribution in [3.05, 3.63) is 0 Å². The Balaban J connectivity index is 1.98. The van der Waals surface area contributed by atoms with E-state index in [2.05, 4.69) is 35.1 Å². The van der Waals surface area contributed by atoms with Gasteiger partial charge in [-0.2, -0.15) is 0 Å². The molecule has 0 aromatic heterocycles. The van der Waals surface area contributed by atoms with Crippen molar-refractivity contribution in [2.24, 2.45) is 5.92 Å². The molecule has 4 N–H and O–H groups in total. The Kier molecular flexibility index (Phi) is 13.6. The van der Waals surface area contributed by atoms with E-state index in [1.165, 1.54) is 28.0 Å². The van der Waals surface area contributed by atoms with Gasteiger partial charge in [-0.25, -0.2) is 9.59 Å². The van der Waals surface area contributed by atoms with Crippen molar-refractivity contribution in [3.63, 3.8) is 0 Å². The van der Waals surface area contributed by atoms with Gasteiger partial charge in [0.1, 0.15) is 0 Å². The summed E-state index contributed by atoms with van der Waals surface area (Å²) in [7, 11) is 2.73. The monoisotopic (exact) mass is 446 g/mol. The summed E-state index contributed by atoms with van der Waals surface area (Å²) in [5.41, 5.74) is 0. The molecule has 1 fully saturated rings. The van der Waals surface area contributed by atoms with Gasteiger partial charge in [0.05, 0.1) is 5.75 Å². The summed E-state index contributed by atoms with van der Waals surface area (Å²) < 4.78 is 0. The van der Waals surface area contributed by atoms with E-state index in [-0.39, 0.29) is 23.6 Å². The average Bonchev–Trinajstić information content (AvgIpc) is 2.64. The predicted molar refractivity (Wildman–Crippen MR) is 119 cm³/mol. The van der Waals surface area contributed by atoms with Crippen LogP contribution in [0, 0.1) is 5.92 Å². The highest BCUT2D eigenvalue weighted by Gasteiger charge is 2.16. The molecule has 0 aliphatic heterocycles. The number of nitrogens with one attached hydrogen (secondary N) is 4. The van der Waals surface area contributed by atoms with Crippen molar-refractivity contribution in [1.29, 1.82) is 0 Å². The number of rotatable bonds is 11. The minimum Gasteiger partial charge on any atom is -0.337 e. The number of carbonyl (C=O) groups is 4. The van der Waals surface area contributed by atoms with Gasteiger partial charge >= 0.3 is 12.1 Å². The molecule has 0 radical (unpaired) electrons. The van der Waals surface area contributed by atoms with Crippen LogP contribution in [0.5, 0.6) is 0 Å². The number of carbonyl (C=O) groups excluding carboxylic acids is 4. The molecular weight excluding hydrogens is 412 g/mol. The second-order valence-electron chi connectivity index (χ2n) is 7.53. The molecule has 166 valence electrons. The van der Waals surface area contributed by atoms with E-state index in [1.807, 2.05) is 0 Å². The lowest BCUT2D eigenvalue weighted by Gasteiger charge is -2.22. The summed E-state index contributed by atoms with van der Waals surface area (Å²) >= 11 is 0. The lowest BCUT2D eigenvalue weighted by Crippen LogP contribution is -2.45. The maximum absolute atomic E-state index is 11.8. The number of hydrogen-bond acceptors (Lipinski definition) is 6. The molecule has 0 aromatic carbocycles. The first-order valence-corrected chi connectivity index (χ1v) is 12.8. The normalized spacial score (nSPS) is 14.3. The van der Waals surface area contributed by atoms with Crippen molar-refractivity contribution in [1.82, 2.24) is 21.3 Å². The quantitative estimate of drug-likeness (QED) is 0.286. The Labute approximate surface area is 181 Å². The third kappa shape index (κ3) is 14.2. The van der Waals surface area contributed by atoms with Crippen LogP contribution in [0.3, 0.4) is 0 Å². The van der Waals surface area contributed by atoms with Gasteiger partial charge in [0.15, 0.2) is 0 Å². The predicted octanol–water partition coefficient (Wildman–Crippen LogP) is 3.18. The molecule has 1 rings (SSSR count). The molecule has 10 heteroatoms. The number of hydrogen-bond donors (Lipinski definition) is 4. The van der Waals surface area contributed by atoms with Crippen molar-refractivity contribution in [2.45, 2.75) is 71.3 Å². The van der Waals surface area contributed by atoms with Gasteiger partial charge in [-0.1, -0.05) is 61.1 Å². The van der Waals surface area contributed by atoms with Gasteiger partial charge in [-0.3, -0.25) is 20.2 Å². The fourth-order valence-electron chi connectivity index (χ4n) is 2.90. The molecule has 0 aromatic rings. The van der Waals surface area contributed by atoms with Crippen molar-refractivity contribution in [2.75, 3.05) is 18.1 Å². The summed E-state index contributed by atoms with van der Waals surface area (Å²) in [6.07, 6.45) is 7.44. The molecule has 29 heavy (non-hydrogen) atoms. The van der Waals surface area contributed by atoms with Crippen LogP contribution in [0.1, 0.15) is 65.2 Å². The van der Waals surface area contributed by atoms with E-state index in [9.17, 15) is 19.2 Å². The van der Waals surface area contributed by atoms with E-state index in [0.29, 0.717) is 24.6 Å². The molecule has 1 saturated carbocycles. The fourth-order valence-corrected chi connectivity index (χ4v) is 4.64. The van der Waals surface area contributed by atoms with Gasteiger partial charge < -0.3 is 10.6 Å². The molecule has 8 nitrogen and oxygen atoms in total. The SMILES string of the molecule is CC(C)CCCC(=O)NC(=O)NCCSSCC(=O)NC(=O)NC1CCCCC1. The molecule has 0 bridgehead atoms. The van der Waals surface area contributed by atoms with E-state index < -0.39 is 12.1 Å². The molecule has 0 unspecified atom stereocenters. The van der Waals surface area contributed by atoms with Crippen LogP contribution in [-0.4, -0.2) is 48.0 Å². The van der Waals surface area contributed by atoms with Crippen LogP contribution >= 0.6 is 21.6 Å². The van der Waals surface area contributed by atoms with Crippen LogP contribution in [0.25, 0.3) is 0 Å². The van der Waals surface area contributed by atoms with E-state index in [0.717, 1.165) is 38.5 Å². The highest BCUT2D eigenvalue weighted by Crippen LogP contribution is 2.20. The maximum Gasteiger partial charge on any atom is 0.321 e. The molecule has 0 heterocycles. The molecule has 0 saturated heterocycles. The standard InChI is InChI=1S/C19H34N4O4S2/c1-14(2)7-6-10-16(24)22-18(26)20-11-12-28-29-13-17(25)23-19(27)21-15-8-4-3-5-9-15/h14-15H,3-13H2,1-2H3,(H2,20,22,24,26)(H2,21,23,25,27). The summed E-state index contributed by atoms with van der Waals surface area (Å²) in [6, 6.07) is -0.760. The Bertz CT molecular complexity index is 540. The van der Waals surface area contributed by atoms with Gasteiger partial charge in [-0.05, 0) is 25.2 Å². The van der Waals surface area contributed by atoms with Gasteiger partial charge in [0.2, 0.25) is 11.8 Å². The minimum absolute atomic E-state index is 0.156. The largest absolute Gasteiger partial charge is 0.337 e. The molecule has 0 atom stereocenters. The van der Waals surface area contributed by atoms with Crippen LogP contribution < -0.4 is 21.3 Å². The van der Waals surface area contributed by atoms with Gasteiger partial charge in [0.25, 0.3) is 0 Å². The zero-order valence-electron chi connectivity index (χ0n) is 17.4. The fraction of sp³-hybridized carbons (Fsp3) is 0.789. The first-order valence-electron chi connectivity index (χ1n) is 10.3. The Morgan fingerprint density at radius 3 is 2.31 bits per heavy atom. The maximum atomic E-state index is 11.8. The molecule has 1 aliphatic carbocycles. The first-order chi connectivity index (χ1) is 13.9. The van der Waals surface area contributed by atoms with Gasteiger partial charge in [0, 0.05) is 24.8 Å². The van der Waals surface area contributed by atoms with Crippen LogP contribution in [0.2, 0.25) is 0 Å². The van der Waals surface area contributed by atoms with Crippen molar-refractivity contribution < 1.29 is 19.2 Å². The number of imide groups is 2. The van der Waals surface area contributed by atoms with E-state index in [4.69, 9.17) is 0 Å². The average molecular weight is 447 g/mol. The summed E-state index contributed by atoms with van der Waals surface area (Å²) in [5.74, 6) is 0.672. The van der Waals surface area contributed by atoms with E-state index in [1.54, 1.807) is 0 Å². The molecular formula is C19H34N4O4S2. The number of urea groups is 2. The molecule has 0 spiro atoms. The molecule has 6 amide bonds. The lowest BCUT2D eigenvalue weighted by molar-refractivity contribution is -0.120. The highest BCUT2D eigenvalue weighted by atomic mass is 33.1. The summed E-state index contributed by atoms with van der Waals surface area (Å²) in [4.78, 5) is 46.7. The zero-order valence-corrected chi connectivity index (χ0v) is 19.0. The zero-order chi connectivity index (χ0) is 21.5. The second-order valence-corrected chi connectivity index (χ2v) is 10.1. The van der Waals surface area contributed by atoms with E-state index >= 15 is 0 Å². The smallest absolute Gasteiger partial charge is 0.321 e. The Morgan fingerprint density at radius 1 is 0.931 bits per heavy atom. The Morgan fingerprint density at radius 2 is 1.62 bits per heavy atom. The third-order valence-electron chi connectivity index (χ3n) is 4.38. The highest BCUT2D eigenvalue weighted by molar-refractivity contribution is 8.76. The van der Waals surface area contributed by atoms with Crippen LogP contribution in [0.15, 0.2) is 0 Å². The summed E-state index contributed by atoms with van der Waals surface area (Å²) in [5, 5.41) is 10.1. The first kappa shape index (κ1) is 25.6. The second kappa shape index (κ2) is 15.4. The van der Waals surface area contributed by atoms with Crippen molar-refractivity contribution >= 4 is 45.5 Å². The number of amides is 6. The van der Waals surface area contributed by atoms with Gasteiger partial charge in [-0.15, -0.1) is 0 Å². The molecule has 1 aliphatic rings.